The third-order valence-electron chi connectivity index (χ3n) is 6.71. The molecule has 1 atom stereocenters. The molecule has 2 aliphatic heterocycles. The highest BCUT2D eigenvalue weighted by atomic mass is 79.9. The summed E-state index contributed by atoms with van der Waals surface area (Å²) in [6.07, 6.45) is 1.42. The molecule has 4 rings (SSSR count). The van der Waals surface area contributed by atoms with Crippen molar-refractivity contribution in [2.75, 3.05) is 26.2 Å². The first-order valence-electron chi connectivity index (χ1n) is 12.0. The predicted molar refractivity (Wildman–Crippen MR) is 136 cm³/mol. The number of hydrogen-bond acceptors (Lipinski definition) is 5. The number of hydrogen-bond donors (Lipinski definition) is 2. The van der Waals surface area contributed by atoms with Crippen molar-refractivity contribution >= 4 is 34.0 Å². The third-order valence-corrected chi connectivity index (χ3v) is 7.24. The Balaban J connectivity index is 1.33. The molecule has 2 fully saturated rings. The fraction of sp³-hybridized carbons (Fsp3) is 0.423. The minimum Gasteiger partial charge on any atom is -0.450 e. The highest BCUT2D eigenvalue weighted by molar-refractivity contribution is 9.10. The van der Waals surface area contributed by atoms with Crippen LogP contribution in [0.15, 0.2) is 59.1 Å². The second-order valence-electron chi connectivity index (χ2n) is 8.99. The maximum absolute atomic E-state index is 13.3. The van der Waals surface area contributed by atoms with Gasteiger partial charge in [0.05, 0.1) is 19.2 Å². The predicted octanol–water partition coefficient (Wildman–Crippen LogP) is 4.21. The van der Waals surface area contributed by atoms with E-state index < -0.39 is 11.6 Å². The number of carbonyl (C=O) groups is 3. The number of likely N-dealkylation sites (tertiary alicyclic amines) is 1. The molecule has 1 unspecified atom stereocenters. The van der Waals surface area contributed by atoms with Gasteiger partial charge in [0.25, 0.3) is 5.91 Å². The Hall–Kier alpha value is -2.91. The monoisotopic (exact) mass is 542 g/mol. The van der Waals surface area contributed by atoms with Gasteiger partial charge in [0.2, 0.25) is 0 Å². The van der Waals surface area contributed by atoms with Crippen molar-refractivity contribution in [3.8, 4) is 0 Å². The number of halogens is 1. The van der Waals surface area contributed by atoms with Gasteiger partial charge in [-0.3, -0.25) is 9.69 Å². The number of nitrogens with zero attached hydrogens (tertiary/aromatic N) is 2. The summed E-state index contributed by atoms with van der Waals surface area (Å²) < 4.78 is 6.03. The van der Waals surface area contributed by atoms with Gasteiger partial charge in [0, 0.05) is 24.1 Å². The van der Waals surface area contributed by atoms with E-state index in [0.717, 1.165) is 22.1 Å². The number of carbonyl (C=O) groups excluding carboxylic acids is 3. The average molecular weight is 543 g/mol. The molecule has 2 aromatic carbocycles. The van der Waals surface area contributed by atoms with Crippen molar-refractivity contribution in [2.24, 2.45) is 0 Å². The highest BCUT2D eigenvalue weighted by Gasteiger charge is 2.52. The van der Waals surface area contributed by atoms with E-state index in [1.165, 1.54) is 4.90 Å². The van der Waals surface area contributed by atoms with Crippen LogP contribution < -0.4 is 10.6 Å². The SMILES string of the molecule is CCOC(=O)NC(CCN1CCC2(CC1)NC(=O)N(Cc1ccc(Br)cc1)C2=O)c1ccccc1. The van der Waals surface area contributed by atoms with Crippen LogP contribution in [0.5, 0.6) is 0 Å². The first-order chi connectivity index (χ1) is 16.9. The molecule has 0 aromatic heterocycles. The van der Waals surface area contributed by atoms with Crippen LogP contribution in [0.2, 0.25) is 0 Å². The van der Waals surface area contributed by atoms with Crippen molar-refractivity contribution in [1.82, 2.24) is 20.4 Å². The van der Waals surface area contributed by atoms with E-state index >= 15 is 0 Å². The number of piperidine rings is 1. The van der Waals surface area contributed by atoms with Crippen LogP contribution in [0.1, 0.15) is 43.4 Å². The van der Waals surface area contributed by atoms with Crippen molar-refractivity contribution < 1.29 is 19.1 Å². The summed E-state index contributed by atoms with van der Waals surface area (Å²) in [6, 6.07) is 17.0. The Morgan fingerprint density at radius 1 is 1.11 bits per heavy atom. The van der Waals surface area contributed by atoms with Gasteiger partial charge in [-0.15, -0.1) is 0 Å². The quantitative estimate of drug-likeness (QED) is 0.487. The number of rotatable bonds is 8. The number of amides is 4. The van der Waals surface area contributed by atoms with E-state index in [9.17, 15) is 14.4 Å². The van der Waals surface area contributed by atoms with E-state index in [1.54, 1.807) is 6.92 Å². The van der Waals surface area contributed by atoms with Gasteiger partial charge in [-0.05, 0) is 49.4 Å². The minimum absolute atomic E-state index is 0.142. The Kier molecular flexibility index (Phi) is 8.07. The lowest BCUT2D eigenvalue weighted by molar-refractivity contribution is -0.133. The van der Waals surface area contributed by atoms with Crippen LogP contribution in [0.25, 0.3) is 0 Å². The van der Waals surface area contributed by atoms with Crippen molar-refractivity contribution in [3.63, 3.8) is 0 Å². The molecule has 35 heavy (non-hydrogen) atoms. The number of imide groups is 1. The summed E-state index contributed by atoms with van der Waals surface area (Å²) >= 11 is 3.41. The average Bonchev–Trinajstić information content (AvgIpc) is 3.08. The largest absolute Gasteiger partial charge is 0.450 e. The lowest BCUT2D eigenvalue weighted by Gasteiger charge is -2.37. The maximum Gasteiger partial charge on any atom is 0.407 e. The molecule has 1 spiro atoms. The fourth-order valence-electron chi connectivity index (χ4n) is 4.72. The second-order valence-corrected chi connectivity index (χ2v) is 9.90. The van der Waals surface area contributed by atoms with Crippen LogP contribution in [0.3, 0.4) is 0 Å². The summed E-state index contributed by atoms with van der Waals surface area (Å²) in [5.74, 6) is -0.142. The second kappa shape index (κ2) is 11.2. The molecular formula is C26H31BrN4O4. The Morgan fingerprint density at radius 3 is 2.46 bits per heavy atom. The molecule has 2 N–H and O–H groups in total. The number of nitrogens with one attached hydrogen (secondary N) is 2. The molecule has 0 aliphatic carbocycles. The molecule has 2 aromatic rings. The smallest absolute Gasteiger partial charge is 0.407 e. The topological polar surface area (TPSA) is 91.0 Å². The molecule has 186 valence electrons. The van der Waals surface area contributed by atoms with E-state index in [4.69, 9.17) is 4.74 Å². The lowest BCUT2D eigenvalue weighted by Crippen LogP contribution is -2.55. The summed E-state index contributed by atoms with van der Waals surface area (Å²) in [5, 5.41) is 5.94. The highest BCUT2D eigenvalue weighted by Crippen LogP contribution is 2.31. The molecule has 9 heteroatoms. The normalized spacial score (nSPS) is 18.4. The van der Waals surface area contributed by atoms with Crippen LogP contribution >= 0.6 is 15.9 Å². The van der Waals surface area contributed by atoms with Gasteiger partial charge in [-0.2, -0.15) is 0 Å². The minimum atomic E-state index is -0.828. The molecule has 2 saturated heterocycles. The van der Waals surface area contributed by atoms with E-state index in [-0.39, 0.29) is 24.5 Å². The zero-order chi connectivity index (χ0) is 24.8. The summed E-state index contributed by atoms with van der Waals surface area (Å²) in [4.78, 5) is 41.6. The molecule has 0 radical (unpaired) electrons. The molecule has 4 amide bonds. The van der Waals surface area contributed by atoms with E-state index in [1.807, 2.05) is 54.6 Å². The Morgan fingerprint density at radius 2 is 1.80 bits per heavy atom. The zero-order valence-corrected chi connectivity index (χ0v) is 21.4. The molecule has 8 nitrogen and oxygen atoms in total. The van der Waals surface area contributed by atoms with Crippen LogP contribution in [-0.2, 0) is 16.1 Å². The van der Waals surface area contributed by atoms with Crippen molar-refractivity contribution in [3.05, 3.63) is 70.2 Å². The van der Waals surface area contributed by atoms with Gasteiger partial charge in [-0.25, -0.2) is 9.59 Å². The molecule has 0 saturated carbocycles. The summed E-state index contributed by atoms with van der Waals surface area (Å²) in [6.45, 7) is 4.51. The van der Waals surface area contributed by atoms with E-state index in [0.29, 0.717) is 39.0 Å². The molecule has 2 heterocycles. The Bertz CT molecular complexity index is 1040. The maximum atomic E-state index is 13.3. The molecule has 0 bridgehead atoms. The van der Waals surface area contributed by atoms with E-state index in [2.05, 4.69) is 31.5 Å². The first kappa shape index (κ1) is 25.2. The lowest BCUT2D eigenvalue weighted by atomic mass is 9.87. The standard InChI is InChI=1S/C26H31BrN4O4/c1-2-35-25(34)28-22(20-6-4-3-5-7-20)12-15-30-16-13-26(14-17-30)23(32)31(24(33)29-26)18-19-8-10-21(27)11-9-19/h3-11,22H,2,12-18H2,1H3,(H,28,34)(H,29,33). The number of benzene rings is 2. The van der Waals surface area contributed by atoms with Crippen LogP contribution in [0.4, 0.5) is 9.59 Å². The summed E-state index contributed by atoms with van der Waals surface area (Å²) in [5.41, 5.74) is 1.11. The van der Waals surface area contributed by atoms with Gasteiger partial charge in [0.1, 0.15) is 5.54 Å². The van der Waals surface area contributed by atoms with Gasteiger partial charge >= 0.3 is 12.1 Å². The first-order valence-corrected chi connectivity index (χ1v) is 12.8. The van der Waals surface area contributed by atoms with Gasteiger partial charge < -0.3 is 20.3 Å². The Labute approximate surface area is 214 Å². The van der Waals surface area contributed by atoms with Crippen molar-refractivity contribution in [2.45, 2.75) is 44.3 Å². The van der Waals surface area contributed by atoms with Crippen LogP contribution in [0, 0.1) is 0 Å². The van der Waals surface area contributed by atoms with Gasteiger partial charge in [0.15, 0.2) is 0 Å². The fourth-order valence-corrected chi connectivity index (χ4v) is 4.99. The van der Waals surface area contributed by atoms with Gasteiger partial charge in [-0.1, -0.05) is 58.4 Å². The third kappa shape index (κ3) is 6.02. The molecular weight excluding hydrogens is 512 g/mol. The summed E-state index contributed by atoms with van der Waals surface area (Å²) in [7, 11) is 0. The molecule has 2 aliphatic rings. The zero-order valence-electron chi connectivity index (χ0n) is 19.8. The number of alkyl carbamates (subject to hydrolysis) is 1. The van der Waals surface area contributed by atoms with Crippen LogP contribution in [-0.4, -0.2) is 59.6 Å². The van der Waals surface area contributed by atoms with Crippen molar-refractivity contribution in [1.29, 1.82) is 0 Å². The number of ether oxygens (including phenoxy) is 1. The number of urea groups is 1.